The normalized spacial score (nSPS) is 12.2. The first-order chi connectivity index (χ1) is 7.27. The number of nitrogens with one attached hydrogen (secondary N) is 1. The number of hydrogen-bond donors (Lipinski definition) is 1. The Labute approximate surface area is 91.0 Å². The van der Waals surface area contributed by atoms with Gasteiger partial charge in [0.05, 0.1) is 11.4 Å². The van der Waals surface area contributed by atoms with Gasteiger partial charge in [-0.3, -0.25) is 4.79 Å². The second kappa shape index (κ2) is 4.40. The monoisotopic (exact) mass is 261 g/mol. The first kappa shape index (κ1) is 13.0. The SMILES string of the molecule is O=c1cc(C(F)(F)F)[nH]c(CCl)c1C(F)F. The first-order valence-corrected chi connectivity index (χ1v) is 4.48. The van der Waals surface area contributed by atoms with Crippen LogP contribution in [0.5, 0.6) is 0 Å². The van der Waals surface area contributed by atoms with Gasteiger partial charge in [0, 0.05) is 11.8 Å². The zero-order valence-corrected chi connectivity index (χ0v) is 8.29. The molecule has 0 radical (unpaired) electrons. The summed E-state index contributed by atoms with van der Waals surface area (Å²) in [6.45, 7) is 0. The predicted octanol–water partition coefficient (Wildman–Crippen LogP) is 3.07. The van der Waals surface area contributed by atoms with Crippen molar-refractivity contribution < 1.29 is 22.0 Å². The smallest absolute Gasteiger partial charge is 0.353 e. The predicted molar refractivity (Wildman–Crippen MR) is 46.6 cm³/mol. The van der Waals surface area contributed by atoms with Crippen molar-refractivity contribution in [2.75, 3.05) is 0 Å². The van der Waals surface area contributed by atoms with Crippen LogP contribution in [0.2, 0.25) is 0 Å². The summed E-state index contributed by atoms with van der Waals surface area (Å²) in [5.41, 5.74) is -4.41. The highest BCUT2D eigenvalue weighted by Crippen LogP contribution is 2.29. The van der Waals surface area contributed by atoms with Gasteiger partial charge in [-0.2, -0.15) is 13.2 Å². The van der Waals surface area contributed by atoms with Crippen LogP contribution in [0.25, 0.3) is 0 Å². The number of alkyl halides is 6. The fourth-order valence-electron chi connectivity index (χ4n) is 1.12. The lowest BCUT2D eigenvalue weighted by atomic mass is 10.2. The second-order valence-electron chi connectivity index (χ2n) is 2.87. The Bertz CT molecular complexity index is 439. The molecular formula is C8H5ClF5NO. The van der Waals surface area contributed by atoms with Crippen LogP contribution in [-0.2, 0) is 12.1 Å². The van der Waals surface area contributed by atoms with Crippen LogP contribution in [0.4, 0.5) is 22.0 Å². The van der Waals surface area contributed by atoms with Crippen molar-refractivity contribution in [2.24, 2.45) is 0 Å². The maximum absolute atomic E-state index is 12.3. The van der Waals surface area contributed by atoms with E-state index in [4.69, 9.17) is 11.6 Å². The molecule has 0 bridgehead atoms. The molecule has 1 aromatic rings. The number of H-pyrrole nitrogens is 1. The molecule has 0 aromatic carbocycles. The standard InChI is InChI=1S/C8H5ClF5NO/c9-2-3-6(7(10)11)4(16)1-5(15-3)8(12,13)14/h1,7H,2H2,(H,15,16). The third-order valence-corrected chi connectivity index (χ3v) is 2.08. The van der Waals surface area contributed by atoms with Gasteiger partial charge < -0.3 is 4.98 Å². The summed E-state index contributed by atoms with van der Waals surface area (Å²) >= 11 is 5.20. The van der Waals surface area contributed by atoms with Gasteiger partial charge in [0.2, 0.25) is 0 Å². The van der Waals surface area contributed by atoms with Gasteiger partial charge in [-0.15, -0.1) is 11.6 Å². The van der Waals surface area contributed by atoms with E-state index in [0.29, 0.717) is 0 Å². The molecule has 1 heterocycles. The minimum absolute atomic E-state index is 0.0948. The second-order valence-corrected chi connectivity index (χ2v) is 3.14. The average molecular weight is 262 g/mol. The molecule has 0 aliphatic heterocycles. The minimum atomic E-state index is -4.80. The summed E-state index contributed by atoms with van der Waals surface area (Å²) in [6, 6.07) is 0.0948. The Balaban J connectivity index is 3.45. The molecule has 1 aromatic heterocycles. The third kappa shape index (κ3) is 2.52. The van der Waals surface area contributed by atoms with Crippen molar-refractivity contribution in [2.45, 2.75) is 18.5 Å². The highest BCUT2D eigenvalue weighted by molar-refractivity contribution is 6.17. The molecule has 1 N–H and O–H groups in total. The summed E-state index contributed by atoms with van der Waals surface area (Å²) < 4.78 is 61.3. The molecule has 0 atom stereocenters. The Morgan fingerprint density at radius 3 is 2.31 bits per heavy atom. The van der Waals surface area contributed by atoms with Crippen molar-refractivity contribution in [1.82, 2.24) is 4.98 Å². The van der Waals surface area contributed by atoms with Crippen molar-refractivity contribution in [1.29, 1.82) is 0 Å². The lowest BCUT2D eigenvalue weighted by Gasteiger charge is -2.11. The maximum atomic E-state index is 12.3. The number of rotatable bonds is 2. The van der Waals surface area contributed by atoms with Gasteiger partial charge in [0.1, 0.15) is 5.69 Å². The number of halogens is 6. The fourth-order valence-corrected chi connectivity index (χ4v) is 1.33. The van der Waals surface area contributed by atoms with E-state index in [2.05, 4.69) is 0 Å². The summed E-state index contributed by atoms with van der Waals surface area (Å²) in [5, 5.41) is 0. The van der Waals surface area contributed by atoms with E-state index in [-0.39, 0.29) is 6.07 Å². The molecule has 0 saturated carbocycles. The van der Waals surface area contributed by atoms with E-state index in [1.54, 1.807) is 4.98 Å². The van der Waals surface area contributed by atoms with Crippen LogP contribution in [0, 0.1) is 0 Å². The molecular weight excluding hydrogens is 257 g/mol. The van der Waals surface area contributed by atoms with Gasteiger partial charge in [-0.25, -0.2) is 8.78 Å². The van der Waals surface area contributed by atoms with Crippen LogP contribution in [-0.4, -0.2) is 4.98 Å². The van der Waals surface area contributed by atoms with Crippen LogP contribution in [0.15, 0.2) is 10.9 Å². The molecule has 2 nitrogen and oxygen atoms in total. The van der Waals surface area contributed by atoms with E-state index < -0.39 is 40.9 Å². The lowest BCUT2D eigenvalue weighted by molar-refractivity contribution is -0.141. The van der Waals surface area contributed by atoms with Crippen molar-refractivity contribution in [3.05, 3.63) is 33.2 Å². The maximum Gasteiger partial charge on any atom is 0.431 e. The topological polar surface area (TPSA) is 32.9 Å². The van der Waals surface area contributed by atoms with Gasteiger partial charge in [0.25, 0.3) is 6.43 Å². The van der Waals surface area contributed by atoms with Gasteiger partial charge in [-0.1, -0.05) is 0 Å². The van der Waals surface area contributed by atoms with E-state index in [1.165, 1.54) is 0 Å². The van der Waals surface area contributed by atoms with Gasteiger partial charge >= 0.3 is 6.18 Å². The summed E-state index contributed by atoms with van der Waals surface area (Å²) in [5.74, 6) is -0.626. The molecule has 1 rings (SSSR count). The highest BCUT2D eigenvalue weighted by atomic mass is 35.5. The van der Waals surface area contributed by atoms with Crippen LogP contribution < -0.4 is 5.43 Å². The quantitative estimate of drug-likeness (QED) is 0.644. The highest BCUT2D eigenvalue weighted by Gasteiger charge is 2.33. The number of hydrogen-bond acceptors (Lipinski definition) is 1. The van der Waals surface area contributed by atoms with E-state index in [1.807, 2.05) is 0 Å². The molecule has 16 heavy (non-hydrogen) atoms. The van der Waals surface area contributed by atoms with Crippen molar-refractivity contribution >= 4 is 11.6 Å². The molecule has 90 valence electrons. The molecule has 0 aliphatic carbocycles. The van der Waals surface area contributed by atoms with Crippen molar-refractivity contribution in [3.63, 3.8) is 0 Å². The summed E-state index contributed by atoms with van der Waals surface area (Å²) in [7, 11) is 0. The Hall–Kier alpha value is -1.11. The Morgan fingerprint density at radius 1 is 1.38 bits per heavy atom. The minimum Gasteiger partial charge on any atom is -0.353 e. The molecule has 0 aliphatic rings. The average Bonchev–Trinajstić information content (AvgIpc) is 2.14. The lowest BCUT2D eigenvalue weighted by Crippen LogP contribution is -2.20. The van der Waals surface area contributed by atoms with Crippen LogP contribution in [0.1, 0.15) is 23.4 Å². The van der Waals surface area contributed by atoms with Gasteiger partial charge in [-0.05, 0) is 0 Å². The molecule has 0 amide bonds. The van der Waals surface area contributed by atoms with Crippen molar-refractivity contribution in [3.8, 4) is 0 Å². The Morgan fingerprint density at radius 2 is 1.94 bits per heavy atom. The summed E-state index contributed by atoms with van der Waals surface area (Å²) in [6.07, 6.45) is -7.97. The fraction of sp³-hybridized carbons (Fsp3) is 0.375. The zero-order valence-electron chi connectivity index (χ0n) is 7.54. The molecule has 0 spiro atoms. The number of pyridine rings is 1. The van der Waals surface area contributed by atoms with Gasteiger partial charge in [0.15, 0.2) is 5.43 Å². The summed E-state index contributed by atoms with van der Waals surface area (Å²) in [4.78, 5) is 12.7. The third-order valence-electron chi connectivity index (χ3n) is 1.81. The number of aromatic nitrogens is 1. The van der Waals surface area contributed by atoms with E-state index in [9.17, 15) is 26.7 Å². The molecule has 0 fully saturated rings. The largest absolute Gasteiger partial charge is 0.431 e. The van der Waals surface area contributed by atoms with Crippen LogP contribution >= 0.6 is 11.6 Å². The van der Waals surface area contributed by atoms with E-state index in [0.717, 1.165) is 0 Å². The molecule has 8 heteroatoms. The zero-order chi connectivity index (χ0) is 12.5. The first-order valence-electron chi connectivity index (χ1n) is 3.94. The number of aromatic amines is 1. The molecule has 0 unspecified atom stereocenters. The molecule has 0 saturated heterocycles. The van der Waals surface area contributed by atoms with E-state index >= 15 is 0 Å². The Kier molecular flexibility index (Phi) is 3.57. The van der Waals surface area contributed by atoms with Crippen LogP contribution in [0.3, 0.4) is 0 Å².